The molecule has 0 fully saturated rings. The van der Waals surface area contributed by atoms with Crippen LogP contribution in [0, 0.1) is 5.92 Å². The molecule has 0 aromatic carbocycles. The van der Waals surface area contributed by atoms with E-state index >= 15 is 0 Å². The molecule has 2 unspecified atom stereocenters. The van der Waals surface area contributed by atoms with Crippen LogP contribution in [0.5, 0.6) is 0 Å². The van der Waals surface area contributed by atoms with Gasteiger partial charge in [0, 0.05) is 12.6 Å². The smallest absolute Gasteiger partial charge is 0.0743 e. The van der Waals surface area contributed by atoms with Crippen LogP contribution in [0.4, 0.5) is 0 Å². The van der Waals surface area contributed by atoms with Crippen molar-refractivity contribution in [1.29, 1.82) is 0 Å². The van der Waals surface area contributed by atoms with Crippen molar-refractivity contribution in [2.75, 3.05) is 6.54 Å². The first-order valence-electron chi connectivity index (χ1n) is 6.33. The predicted molar refractivity (Wildman–Crippen MR) is 67.1 cm³/mol. The highest BCUT2D eigenvalue weighted by Gasteiger charge is 2.19. The molecule has 92 valence electrons. The SMILES string of the molecule is CCCC(C)(O)CNC(C)CCC(C)C. The minimum Gasteiger partial charge on any atom is -0.389 e. The van der Waals surface area contributed by atoms with Gasteiger partial charge < -0.3 is 10.4 Å². The Morgan fingerprint density at radius 3 is 2.27 bits per heavy atom. The van der Waals surface area contributed by atoms with E-state index in [1.807, 2.05) is 6.92 Å². The van der Waals surface area contributed by atoms with Gasteiger partial charge in [-0.3, -0.25) is 0 Å². The van der Waals surface area contributed by atoms with Crippen LogP contribution in [0.3, 0.4) is 0 Å². The van der Waals surface area contributed by atoms with E-state index in [0.29, 0.717) is 12.6 Å². The number of rotatable bonds is 8. The summed E-state index contributed by atoms with van der Waals surface area (Å²) in [5.74, 6) is 0.769. The van der Waals surface area contributed by atoms with Gasteiger partial charge in [0.15, 0.2) is 0 Å². The Balaban J connectivity index is 3.65. The average Bonchev–Trinajstić information content (AvgIpc) is 2.11. The highest BCUT2D eigenvalue weighted by atomic mass is 16.3. The molecule has 0 aromatic heterocycles. The minimum absolute atomic E-state index is 0.510. The van der Waals surface area contributed by atoms with Gasteiger partial charge >= 0.3 is 0 Å². The number of hydrogen-bond donors (Lipinski definition) is 2. The number of nitrogens with one attached hydrogen (secondary N) is 1. The molecule has 0 spiro atoms. The van der Waals surface area contributed by atoms with Crippen molar-refractivity contribution in [1.82, 2.24) is 5.32 Å². The third-order valence-electron chi connectivity index (χ3n) is 2.80. The lowest BCUT2D eigenvalue weighted by Gasteiger charge is -2.25. The Hall–Kier alpha value is -0.0800. The van der Waals surface area contributed by atoms with E-state index in [1.54, 1.807) is 0 Å². The molecule has 2 heteroatoms. The van der Waals surface area contributed by atoms with Gasteiger partial charge in [0.25, 0.3) is 0 Å². The Bertz CT molecular complexity index is 155. The van der Waals surface area contributed by atoms with Crippen molar-refractivity contribution in [2.24, 2.45) is 5.92 Å². The molecule has 0 aromatic rings. The van der Waals surface area contributed by atoms with Gasteiger partial charge in [-0.1, -0.05) is 27.2 Å². The van der Waals surface area contributed by atoms with Crippen molar-refractivity contribution in [3.63, 3.8) is 0 Å². The van der Waals surface area contributed by atoms with Gasteiger partial charge in [-0.05, 0) is 39.0 Å². The van der Waals surface area contributed by atoms with Crippen molar-refractivity contribution >= 4 is 0 Å². The Labute approximate surface area is 95.5 Å². The highest BCUT2D eigenvalue weighted by molar-refractivity contribution is 4.76. The molecule has 0 amide bonds. The maximum absolute atomic E-state index is 9.98. The molecule has 2 nitrogen and oxygen atoms in total. The molecule has 0 heterocycles. The summed E-state index contributed by atoms with van der Waals surface area (Å²) in [6.07, 6.45) is 4.36. The second kappa shape index (κ2) is 7.24. The zero-order valence-corrected chi connectivity index (χ0v) is 11.1. The van der Waals surface area contributed by atoms with E-state index in [4.69, 9.17) is 0 Å². The second-order valence-corrected chi connectivity index (χ2v) is 5.50. The lowest BCUT2D eigenvalue weighted by atomic mass is 9.99. The van der Waals surface area contributed by atoms with Crippen molar-refractivity contribution < 1.29 is 5.11 Å². The van der Waals surface area contributed by atoms with Gasteiger partial charge in [0.2, 0.25) is 0 Å². The standard InChI is InChI=1S/C13H29NO/c1-6-9-13(5,15)10-14-12(4)8-7-11(2)3/h11-12,14-15H,6-10H2,1-5H3. The zero-order chi connectivity index (χ0) is 11.9. The summed E-state index contributed by atoms with van der Waals surface area (Å²) >= 11 is 0. The Kier molecular flexibility index (Phi) is 7.20. The molecule has 2 atom stereocenters. The molecule has 0 aliphatic rings. The second-order valence-electron chi connectivity index (χ2n) is 5.50. The highest BCUT2D eigenvalue weighted by Crippen LogP contribution is 2.12. The van der Waals surface area contributed by atoms with Crippen LogP contribution in [0.2, 0.25) is 0 Å². The first-order chi connectivity index (χ1) is 6.87. The molecule has 0 bridgehead atoms. The van der Waals surface area contributed by atoms with Crippen molar-refractivity contribution in [2.45, 2.75) is 71.9 Å². The lowest BCUT2D eigenvalue weighted by molar-refractivity contribution is 0.0473. The molecule has 0 rings (SSSR count). The van der Waals surface area contributed by atoms with E-state index in [9.17, 15) is 5.11 Å². The molecular weight excluding hydrogens is 186 g/mol. The number of aliphatic hydroxyl groups is 1. The average molecular weight is 215 g/mol. The summed E-state index contributed by atoms with van der Waals surface area (Å²) in [4.78, 5) is 0. The fourth-order valence-electron chi connectivity index (χ4n) is 1.71. The predicted octanol–water partition coefficient (Wildman–Crippen LogP) is 2.95. The third kappa shape index (κ3) is 8.88. The van der Waals surface area contributed by atoms with Gasteiger partial charge in [-0.15, -0.1) is 0 Å². The Morgan fingerprint density at radius 2 is 1.80 bits per heavy atom. The molecule has 0 saturated carbocycles. The van der Waals surface area contributed by atoms with Crippen LogP contribution in [0.25, 0.3) is 0 Å². The van der Waals surface area contributed by atoms with Gasteiger partial charge in [-0.25, -0.2) is 0 Å². The van der Waals surface area contributed by atoms with Crippen LogP contribution < -0.4 is 5.32 Å². The fourth-order valence-corrected chi connectivity index (χ4v) is 1.71. The normalized spacial score (nSPS) is 17.8. The lowest BCUT2D eigenvalue weighted by Crippen LogP contribution is -2.41. The van der Waals surface area contributed by atoms with Crippen LogP contribution >= 0.6 is 0 Å². The van der Waals surface area contributed by atoms with Gasteiger partial charge in [-0.2, -0.15) is 0 Å². The first-order valence-corrected chi connectivity index (χ1v) is 6.33. The maximum atomic E-state index is 9.98. The maximum Gasteiger partial charge on any atom is 0.0743 e. The fraction of sp³-hybridized carbons (Fsp3) is 1.00. The van der Waals surface area contributed by atoms with Crippen LogP contribution in [0.1, 0.15) is 60.3 Å². The summed E-state index contributed by atoms with van der Waals surface area (Å²) in [5.41, 5.74) is -0.541. The van der Waals surface area contributed by atoms with E-state index < -0.39 is 5.60 Å². The topological polar surface area (TPSA) is 32.3 Å². The third-order valence-corrected chi connectivity index (χ3v) is 2.80. The molecule has 0 aliphatic carbocycles. The summed E-state index contributed by atoms with van der Waals surface area (Å²) in [6, 6.07) is 0.510. The molecule has 2 N–H and O–H groups in total. The zero-order valence-electron chi connectivity index (χ0n) is 11.1. The first kappa shape index (κ1) is 14.9. The minimum atomic E-state index is -0.541. The van der Waals surface area contributed by atoms with Crippen LogP contribution in [0.15, 0.2) is 0 Å². The van der Waals surface area contributed by atoms with Gasteiger partial charge in [0.1, 0.15) is 0 Å². The molecule has 0 aliphatic heterocycles. The van der Waals surface area contributed by atoms with Crippen LogP contribution in [-0.4, -0.2) is 23.3 Å². The van der Waals surface area contributed by atoms with E-state index in [1.165, 1.54) is 12.8 Å². The number of hydrogen-bond acceptors (Lipinski definition) is 2. The Morgan fingerprint density at radius 1 is 1.20 bits per heavy atom. The monoisotopic (exact) mass is 215 g/mol. The largest absolute Gasteiger partial charge is 0.389 e. The van der Waals surface area contributed by atoms with E-state index in [-0.39, 0.29) is 0 Å². The summed E-state index contributed by atoms with van der Waals surface area (Å²) in [5, 5.41) is 13.4. The quantitative estimate of drug-likeness (QED) is 0.652. The van der Waals surface area contributed by atoms with Crippen molar-refractivity contribution in [3.05, 3.63) is 0 Å². The van der Waals surface area contributed by atoms with Crippen LogP contribution in [-0.2, 0) is 0 Å². The van der Waals surface area contributed by atoms with Crippen molar-refractivity contribution in [3.8, 4) is 0 Å². The van der Waals surface area contributed by atoms with E-state index in [0.717, 1.165) is 18.8 Å². The molecule has 0 radical (unpaired) electrons. The summed E-state index contributed by atoms with van der Waals surface area (Å²) < 4.78 is 0. The molecule has 15 heavy (non-hydrogen) atoms. The summed E-state index contributed by atoms with van der Waals surface area (Å²) in [7, 11) is 0. The van der Waals surface area contributed by atoms with E-state index in [2.05, 4.69) is 33.0 Å². The van der Waals surface area contributed by atoms with Gasteiger partial charge in [0.05, 0.1) is 5.60 Å². The molecule has 0 saturated heterocycles. The summed E-state index contributed by atoms with van der Waals surface area (Å²) in [6.45, 7) is 11.4. The molecular formula is C13H29NO.